The summed E-state index contributed by atoms with van der Waals surface area (Å²) in [4.78, 5) is 1.97. The van der Waals surface area contributed by atoms with E-state index in [9.17, 15) is 23.4 Å². The summed E-state index contributed by atoms with van der Waals surface area (Å²) in [5.74, 6) is -1.05. The zero-order chi connectivity index (χ0) is 19.8. The van der Waals surface area contributed by atoms with Gasteiger partial charge in [-0.2, -0.15) is 13.2 Å². The molecule has 0 radical (unpaired) electrons. The number of alkyl halides is 3. The zero-order valence-electron chi connectivity index (χ0n) is 15.9. The standard InChI is InChI=1S/C21H28F3NO2/c1-13-4-3-5-15(10-13)19-18(26)11-14(2)17(20(19)27)12-25-8-6-16(7-9-25)21(22,23)24/h10-11,15-16,26-27H,3-9,12H2,1-2H3. The van der Waals surface area contributed by atoms with Gasteiger partial charge in [-0.05, 0) is 70.7 Å². The number of rotatable bonds is 3. The molecule has 6 heteroatoms. The van der Waals surface area contributed by atoms with Gasteiger partial charge in [0, 0.05) is 23.6 Å². The summed E-state index contributed by atoms with van der Waals surface area (Å²) < 4.78 is 38.6. The van der Waals surface area contributed by atoms with Crippen molar-refractivity contribution in [2.24, 2.45) is 5.92 Å². The lowest BCUT2D eigenvalue weighted by atomic mass is 9.83. The highest BCUT2D eigenvalue weighted by Gasteiger charge is 2.41. The summed E-state index contributed by atoms with van der Waals surface area (Å²) >= 11 is 0. The van der Waals surface area contributed by atoms with E-state index in [-0.39, 0.29) is 30.3 Å². The van der Waals surface area contributed by atoms with Crippen LogP contribution in [-0.4, -0.2) is 34.4 Å². The molecule has 1 aromatic carbocycles. The van der Waals surface area contributed by atoms with E-state index >= 15 is 0 Å². The number of halogens is 3. The molecule has 150 valence electrons. The van der Waals surface area contributed by atoms with Gasteiger partial charge in [-0.1, -0.05) is 11.6 Å². The summed E-state index contributed by atoms with van der Waals surface area (Å²) in [5, 5.41) is 21.3. The van der Waals surface area contributed by atoms with Crippen LogP contribution in [0.5, 0.6) is 11.5 Å². The van der Waals surface area contributed by atoms with Crippen molar-refractivity contribution in [3.63, 3.8) is 0 Å². The van der Waals surface area contributed by atoms with E-state index in [1.165, 1.54) is 5.57 Å². The third-order valence-corrected chi connectivity index (χ3v) is 6.02. The number of phenolic OH excluding ortho intramolecular Hbond substituents is 2. The van der Waals surface area contributed by atoms with E-state index in [1.807, 2.05) is 11.8 Å². The SMILES string of the molecule is CC1=CC(c2c(O)cc(C)c(CN3CCC(C(F)(F)F)CC3)c2O)CCC1. The molecule has 1 atom stereocenters. The molecular formula is C21H28F3NO2. The van der Waals surface area contributed by atoms with Crippen LogP contribution in [-0.2, 0) is 6.54 Å². The highest BCUT2D eigenvalue weighted by Crippen LogP contribution is 2.44. The number of hydrogen-bond acceptors (Lipinski definition) is 3. The van der Waals surface area contributed by atoms with Crippen LogP contribution in [0.4, 0.5) is 13.2 Å². The van der Waals surface area contributed by atoms with Gasteiger partial charge in [0.15, 0.2) is 0 Å². The maximum absolute atomic E-state index is 12.9. The predicted molar refractivity (Wildman–Crippen MR) is 98.9 cm³/mol. The van der Waals surface area contributed by atoms with Crippen molar-refractivity contribution in [1.82, 2.24) is 4.90 Å². The Hall–Kier alpha value is -1.69. The first-order valence-corrected chi connectivity index (χ1v) is 9.67. The number of nitrogens with zero attached hydrogens (tertiary/aromatic N) is 1. The largest absolute Gasteiger partial charge is 0.507 e. The first-order valence-electron chi connectivity index (χ1n) is 9.67. The Kier molecular flexibility index (Phi) is 5.75. The normalized spacial score (nSPS) is 22.7. The molecule has 0 spiro atoms. The van der Waals surface area contributed by atoms with Crippen LogP contribution < -0.4 is 0 Å². The summed E-state index contributed by atoms with van der Waals surface area (Å²) in [6.45, 7) is 5.01. The Morgan fingerprint density at radius 1 is 1.11 bits per heavy atom. The van der Waals surface area contributed by atoms with Crippen LogP contribution in [0.25, 0.3) is 0 Å². The van der Waals surface area contributed by atoms with Crippen molar-refractivity contribution < 1.29 is 23.4 Å². The Bertz CT molecular complexity index is 719. The average molecular weight is 383 g/mol. The molecule has 0 amide bonds. The highest BCUT2D eigenvalue weighted by molar-refractivity contribution is 5.55. The van der Waals surface area contributed by atoms with Crippen molar-refractivity contribution in [3.05, 3.63) is 34.4 Å². The van der Waals surface area contributed by atoms with Gasteiger partial charge < -0.3 is 10.2 Å². The smallest absolute Gasteiger partial charge is 0.391 e. The fraction of sp³-hybridized carbons (Fsp3) is 0.619. The average Bonchev–Trinajstić information content (AvgIpc) is 2.58. The van der Waals surface area contributed by atoms with E-state index in [0.29, 0.717) is 30.8 Å². The molecule has 27 heavy (non-hydrogen) atoms. The number of likely N-dealkylation sites (tertiary alicyclic amines) is 1. The molecular weight excluding hydrogens is 355 g/mol. The number of hydrogen-bond donors (Lipinski definition) is 2. The van der Waals surface area contributed by atoms with Gasteiger partial charge >= 0.3 is 6.18 Å². The van der Waals surface area contributed by atoms with Crippen molar-refractivity contribution in [1.29, 1.82) is 0 Å². The third-order valence-electron chi connectivity index (χ3n) is 6.02. The van der Waals surface area contributed by atoms with Gasteiger partial charge in [0.25, 0.3) is 0 Å². The van der Waals surface area contributed by atoms with Crippen molar-refractivity contribution >= 4 is 0 Å². The fourth-order valence-corrected chi connectivity index (χ4v) is 4.39. The van der Waals surface area contributed by atoms with E-state index in [1.54, 1.807) is 6.07 Å². The number of aromatic hydroxyl groups is 2. The van der Waals surface area contributed by atoms with Crippen LogP contribution in [0.2, 0.25) is 0 Å². The number of aryl methyl sites for hydroxylation is 1. The van der Waals surface area contributed by atoms with Crippen LogP contribution in [0.15, 0.2) is 17.7 Å². The molecule has 1 saturated heterocycles. The summed E-state index contributed by atoms with van der Waals surface area (Å²) in [7, 11) is 0. The van der Waals surface area contributed by atoms with Crippen LogP contribution in [0.3, 0.4) is 0 Å². The summed E-state index contributed by atoms with van der Waals surface area (Å²) in [6, 6.07) is 1.67. The topological polar surface area (TPSA) is 43.7 Å². The van der Waals surface area contributed by atoms with Gasteiger partial charge in [0.05, 0.1) is 5.92 Å². The van der Waals surface area contributed by atoms with Crippen molar-refractivity contribution in [3.8, 4) is 11.5 Å². The number of benzene rings is 1. The third kappa shape index (κ3) is 4.42. The van der Waals surface area contributed by atoms with Crippen LogP contribution in [0, 0.1) is 12.8 Å². The number of phenols is 2. The molecule has 1 aliphatic carbocycles. The maximum atomic E-state index is 12.9. The lowest BCUT2D eigenvalue weighted by molar-refractivity contribution is -0.185. The van der Waals surface area contributed by atoms with E-state index in [2.05, 4.69) is 13.0 Å². The van der Waals surface area contributed by atoms with Crippen LogP contribution in [0.1, 0.15) is 61.6 Å². The lowest BCUT2D eigenvalue weighted by Gasteiger charge is -2.33. The summed E-state index contributed by atoms with van der Waals surface area (Å²) in [5.41, 5.74) is 3.29. The number of piperidine rings is 1. The Balaban J connectivity index is 1.80. The minimum Gasteiger partial charge on any atom is -0.507 e. The molecule has 3 nitrogen and oxygen atoms in total. The fourth-order valence-electron chi connectivity index (χ4n) is 4.39. The second kappa shape index (κ2) is 7.74. The molecule has 1 aliphatic heterocycles. The van der Waals surface area contributed by atoms with E-state index < -0.39 is 12.1 Å². The van der Waals surface area contributed by atoms with Crippen molar-refractivity contribution in [2.45, 2.75) is 64.6 Å². The quantitative estimate of drug-likeness (QED) is 0.688. The Morgan fingerprint density at radius 2 is 1.78 bits per heavy atom. The molecule has 0 aromatic heterocycles. The Labute approximate surface area is 158 Å². The monoisotopic (exact) mass is 383 g/mol. The van der Waals surface area contributed by atoms with Gasteiger partial charge in [-0.25, -0.2) is 0 Å². The molecule has 3 rings (SSSR count). The van der Waals surface area contributed by atoms with Crippen LogP contribution >= 0.6 is 0 Å². The number of allylic oxidation sites excluding steroid dienone is 2. The molecule has 1 unspecified atom stereocenters. The zero-order valence-corrected chi connectivity index (χ0v) is 15.9. The highest BCUT2D eigenvalue weighted by atomic mass is 19.4. The minimum absolute atomic E-state index is 0.0194. The van der Waals surface area contributed by atoms with Gasteiger partial charge in [-0.15, -0.1) is 0 Å². The second-order valence-electron chi connectivity index (χ2n) is 8.06. The van der Waals surface area contributed by atoms with Crippen molar-refractivity contribution in [2.75, 3.05) is 13.1 Å². The van der Waals surface area contributed by atoms with Gasteiger partial charge in [0.1, 0.15) is 11.5 Å². The summed E-state index contributed by atoms with van der Waals surface area (Å²) in [6.07, 6.45) is 1.09. The molecule has 1 aromatic rings. The lowest BCUT2D eigenvalue weighted by Crippen LogP contribution is -2.38. The van der Waals surface area contributed by atoms with Gasteiger partial charge in [-0.3, -0.25) is 4.90 Å². The molecule has 1 heterocycles. The first kappa shape index (κ1) is 20.1. The molecule has 2 N–H and O–H groups in total. The molecule has 1 fully saturated rings. The molecule has 2 aliphatic rings. The maximum Gasteiger partial charge on any atom is 0.391 e. The first-order chi connectivity index (χ1) is 12.7. The predicted octanol–water partition coefficient (Wildman–Crippen LogP) is 5.39. The van der Waals surface area contributed by atoms with E-state index in [4.69, 9.17) is 0 Å². The molecule has 0 bridgehead atoms. The van der Waals surface area contributed by atoms with Gasteiger partial charge in [0.2, 0.25) is 0 Å². The minimum atomic E-state index is -4.12. The van der Waals surface area contributed by atoms with E-state index in [0.717, 1.165) is 24.8 Å². The Morgan fingerprint density at radius 3 is 2.37 bits per heavy atom. The molecule has 0 saturated carbocycles. The second-order valence-corrected chi connectivity index (χ2v) is 8.06.